The SMILES string of the molecule is Cn1cnnc1C1CCCN(c2ncnc3ccccc23)C1. The highest BCUT2D eigenvalue weighted by Gasteiger charge is 2.26. The summed E-state index contributed by atoms with van der Waals surface area (Å²) in [6, 6.07) is 8.18. The van der Waals surface area contributed by atoms with Crippen molar-refractivity contribution in [3.05, 3.63) is 42.7 Å². The molecule has 1 saturated heterocycles. The zero-order chi connectivity index (χ0) is 14.9. The number of aromatic nitrogens is 5. The van der Waals surface area contributed by atoms with Crippen molar-refractivity contribution in [3.8, 4) is 0 Å². The summed E-state index contributed by atoms with van der Waals surface area (Å²) < 4.78 is 2.02. The summed E-state index contributed by atoms with van der Waals surface area (Å²) in [5.74, 6) is 2.48. The lowest BCUT2D eigenvalue weighted by Crippen LogP contribution is -2.36. The average Bonchev–Trinajstić information content (AvgIpc) is 3.00. The summed E-state index contributed by atoms with van der Waals surface area (Å²) in [5, 5.41) is 9.41. The lowest BCUT2D eigenvalue weighted by Gasteiger charge is -2.33. The van der Waals surface area contributed by atoms with Crippen LogP contribution in [0.1, 0.15) is 24.6 Å². The van der Waals surface area contributed by atoms with Gasteiger partial charge in [0, 0.05) is 31.4 Å². The summed E-state index contributed by atoms with van der Waals surface area (Å²) >= 11 is 0. The van der Waals surface area contributed by atoms with Gasteiger partial charge in [0.2, 0.25) is 0 Å². The molecule has 4 rings (SSSR count). The summed E-state index contributed by atoms with van der Waals surface area (Å²) in [5.41, 5.74) is 0.994. The van der Waals surface area contributed by atoms with Gasteiger partial charge in [-0.2, -0.15) is 0 Å². The van der Waals surface area contributed by atoms with Crippen LogP contribution >= 0.6 is 0 Å². The predicted molar refractivity (Wildman–Crippen MR) is 84.7 cm³/mol. The molecule has 22 heavy (non-hydrogen) atoms. The maximum absolute atomic E-state index is 4.54. The third-order valence-corrected chi connectivity index (χ3v) is 4.35. The molecule has 3 heterocycles. The van der Waals surface area contributed by atoms with E-state index < -0.39 is 0 Å². The maximum Gasteiger partial charge on any atom is 0.139 e. The molecule has 1 aliphatic rings. The van der Waals surface area contributed by atoms with Crippen LogP contribution in [0.2, 0.25) is 0 Å². The standard InChI is InChI=1S/C16H18N6/c1-21-11-19-20-15(21)12-5-4-8-22(9-12)16-13-6-2-3-7-14(13)17-10-18-16/h2-3,6-7,10-12H,4-5,8-9H2,1H3. The first-order chi connectivity index (χ1) is 10.8. The van der Waals surface area contributed by atoms with Crippen LogP contribution in [0.4, 0.5) is 5.82 Å². The summed E-state index contributed by atoms with van der Waals surface area (Å²) in [7, 11) is 2.01. The predicted octanol–water partition coefficient (Wildman–Crippen LogP) is 2.14. The van der Waals surface area contributed by atoms with Crippen molar-refractivity contribution in [1.82, 2.24) is 24.7 Å². The minimum absolute atomic E-state index is 0.398. The van der Waals surface area contributed by atoms with Crippen LogP contribution < -0.4 is 4.90 Å². The Morgan fingerprint density at radius 1 is 1.18 bits per heavy atom. The molecular weight excluding hydrogens is 276 g/mol. The summed E-state index contributed by atoms with van der Waals surface area (Å²) in [6.07, 6.45) is 5.71. The van der Waals surface area contributed by atoms with E-state index >= 15 is 0 Å². The van der Waals surface area contributed by atoms with Gasteiger partial charge >= 0.3 is 0 Å². The zero-order valence-corrected chi connectivity index (χ0v) is 12.6. The second-order valence-corrected chi connectivity index (χ2v) is 5.80. The van der Waals surface area contributed by atoms with Crippen molar-refractivity contribution in [3.63, 3.8) is 0 Å². The van der Waals surface area contributed by atoms with Gasteiger partial charge < -0.3 is 9.47 Å². The molecule has 3 aromatic rings. The molecule has 0 saturated carbocycles. The zero-order valence-electron chi connectivity index (χ0n) is 12.6. The number of fused-ring (bicyclic) bond motifs is 1. The van der Waals surface area contributed by atoms with Gasteiger partial charge in [-0.15, -0.1) is 10.2 Å². The van der Waals surface area contributed by atoms with E-state index in [0.29, 0.717) is 5.92 Å². The van der Waals surface area contributed by atoms with Crippen molar-refractivity contribution in [1.29, 1.82) is 0 Å². The largest absolute Gasteiger partial charge is 0.355 e. The topological polar surface area (TPSA) is 59.7 Å². The molecule has 1 aliphatic heterocycles. The number of piperidine rings is 1. The van der Waals surface area contributed by atoms with E-state index in [9.17, 15) is 0 Å². The van der Waals surface area contributed by atoms with Gasteiger partial charge in [-0.3, -0.25) is 0 Å². The van der Waals surface area contributed by atoms with E-state index in [4.69, 9.17) is 0 Å². The molecule has 1 atom stereocenters. The average molecular weight is 294 g/mol. The fourth-order valence-corrected chi connectivity index (χ4v) is 3.28. The fraction of sp³-hybridized carbons (Fsp3) is 0.375. The lowest BCUT2D eigenvalue weighted by atomic mass is 9.97. The maximum atomic E-state index is 4.54. The molecule has 0 aliphatic carbocycles. The smallest absolute Gasteiger partial charge is 0.139 e. The van der Waals surface area contributed by atoms with Crippen LogP contribution in [0.15, 0.2) is 36.9 Å². The number of rotatable bonds is 2. The number of hydrogen-bond acceptors (Lipinski definition) is 5. The monoisotopic (exact) mass is 294 g/mol. The van der Waals surface area contributed by atoms with E-state index in [1.54, 1.807) is 12.7 Å². The van der Waals surface area contributed by atoms with Crippen LogP contribution in [0.5, 0.6) is 0 Å². The first-order valence-electron chi connectivity index (χ1n) is 7.61. The van der Waals surface area contributed by atoms with E-state index in [0.717, 1.165) is 48.5 Å². The van der Waals surface area contributed by atoms with E-state index in [-0.39, 0.29) is 0 Å². The Balaban J connectivity index is 1.68. The molecule has 6 heteroatoms. The Bertz CT molecular complexity index is 791. The number of nitrogens with zero attached hydrogens (tertiary/aromatic N) is 6. The highest BCUT2D eigenvalue weighted by molar-refractivity contribution is 5.89. The van der Waals surface area contributed by atoms with Crippen molar-refractivity contribution in [2.75, 3.05) is 18.0 Å². The Morgan fingerprint density at radius 3 is 2.95 bits per heavy atom. The first-order valence-corrected chi connectivity index (χ1v) is 7.61. The Kier molecular flexibility index (Phi) is 3.21. The van der Waals surface area contributed by atoms with Gasteiger partial charge in [0.05, 0.1) is 5.52 Å². The summed E-state index contributed by atoms with van der Waals surface area (Å²) in [6.45, 7) is 1.95. The number of para-hydroxylation sites is 1. The highest BCUT2D eigenvalue weighted by Crippen LogP contribution is 2.30. The Morgan fingerprint density at radius 2 is 2.09 bits per heavy atom. The van der Waals surface area contributed by atoms with E-state index in [1.807, 2.05) is 29.8 Å². The number of hydrogen-bond donors (Lipinski definition) is 0. The van der Waals surface area contributed by atoms with Crippen molar-refractivity contribution < 1.29 is 0 Å². The van der Waals surface area contributed by atoms with Gasteiger partial charge in [-0.05, 0) is 25.0 Å². The normalized spacial score (nSPS) is 18.8. The van der Waals surface area contributed by atoms with Crippen LogP contribution in [0, 0.1) is 0 Å². The molecule has 0 radical (unpaired) electrons. The molecule has 0 amide bonds. The van der Waals surface area contributed by atoms with Crippen LogP contribution in [-0.4, -0.2) is 37.8 Å². The van der Waals surface area contributed by atoms with Gasteiger partial charge in [0.25, 0.3) is 0 Å². The van der Waals surface area contributed by atoms with Gasteiger partial charge in [0.15, 0.2) is 0 Å². The van der Waals surface area contributed by atoms with Crippen LogP contribution in [0.25, 0.3) is 10.9 Å². The van der Waals surface area contributed by atoms with Crippen molar-refractivity contribution in [2.24, 2.45) is 7.05 Å². The third kappa shape index (κ3) is 2.20. The molecule has 2 aromatic heterocycles. The first kappa shape index (κ1) is 13.2. The minimum atomic E-state index is 0.398. The van der Waals surface area contributed by atoms with Gasteiger partial charge in [-0.1, -0.05) is 12.1 Å². The third-order valence-electron chi connectivity index (χ3n) is 4.35. The highest BCUT2D eigenvalue weighted by atomic mass is 15.3. The van der Waals surface area contributed by atoms with Gasteiger partial charge in [0.1, 0.15) is 24.3 Å². The quantitative estimate of drug-likeness (QED) is 0.724. The fourth-order valence-electron chi connectivity index (χ4n) is 3.28. The van der Waals surface area contributed by atoms with Crippen molar-refractivity contribution in [2.45, 2.75) is 18.8 Å². The Hall–Kier alpha value is -2.50. The molecule has 1 aromatic carbocycles. The summed E-state index contributed by atoms with van der Waals surface area (Å²) in [4.78, 5) is 11.3. The number of aryl methyl sites for hydroxylation is 1. The molecule has 0 bridgehead atoms. The molecule has 6 nitrogen and oxygen atoms in total. The van der Waals surface area contributed by atoms with E-state index in [2.05, 4.69) is 31.1 Å². The molecule has 112 valence electrons. The van der Waals surface area contributed by atoms with E-state index in [1.165, 1.54) is 0 Å². The molecule has 1 unspecified atom stereocenters. The Labute approximate surface area is 128 Å². The van der Waals surface area contributed by atoms with Crippen LogP contribution in [0.3, 0.4) is 0 Å². The molecule has 0 N–H and O–H groups in total. The van der Waals surface area contributed by atoms with Crippen LogP contribution in [-0.2, 0) is 7.05 Å². The minimum Gasteiger partial charge on any atom is -0.355 e. The molecule has 0 spiro atoms. The number of benzene rings is 1. The van der Waals surface area contributed by atoms with Crippen molar-refractivity contribution >= 4 is 16.7 Å². The second-order valence-electron chi connectivity index (χ2n) is 5.80. The van der Waals surface area contributed by atoms with Gasteiger partial charge in [-0.25, -0.2) is 9.97 Å². The number of anilines is 1. The molecular formula is C16H18N6. The lowest BCUT2D eigenvalue weighted by molar-refractivity contribution is 0.478. The second kappa shape index (κ2) is 5.36. The molecule has 1 fully saturated rings.